The van der Waals surface area contributed by atoms with E-state index in [1.165, 1.54) is 12.7 Å². The van der Waals surface area contributed by atoms with Crippen LogP contribution in [0.5, 0.6) is 0 Å². The molecule has 0 unspecified atom stereocenters. The lowest BCUT2D eigenvalue weighted by Gasteiger charge is -2.37. The lowest BCUT2D eigenvalue weighted by atomic mass is 9.71. The van der Waals surface area contributed by atoms with E-state index in [4.69, 9.17) is 19.9 Å². The van der Waals surface area contributed by atoms with Crippen molar-refractivity contribution in [1.82, 2.24) is 14.6 Å². The van der Waals surface area contributed by atoms with Gasteiger partial charge in [-0.25, -0.2) is 14.3 Å². The van der Waals surface area contributed by atoms with E-state index in [9.17, 15) is 10.1 Å². The molecule has 2 fully saturated rings. The van der Waals surface area contributed by atoms with Crippen molar-refractivity contribution in [2.45, 2.75) is 50.7 Å². The number of fused-ring (bicyclic) bond motifs is 1. The Morgan fingerprint density at radius 1 is 1.43 bits per heavy atom. The van der Waals surface area contributed by atoms with Crippen molar-refractivity contribution in [2.24, 2.45) is 5.41 Å². The SMILES string of the molecule is CC1(COC(=O)OC[C@@H]2CC[C@](C#N)(c3ccc4c(N)ncnn34)O2)CCC1. The Balaban J connectivity index is 1.38. The highest BCUT2D eigenvalue weighted by Gasteiger charge is 2.45. The van der Waals surface area contributed by atoms with Crippen LogP contribution in [0.1, 0.15) is 44.7 Å². The minimum absolute atomic E-state index is 0.0411. The van der Waals surface area contributed by atoms with Crippen molar-refractivity contribution in [1.29, 1.82) is 5.26 Å². The fraction of sp³-hybridized carbons (Fsp3) is 0.579. The molecule has 0 radical (unpaired) electrons. The molecule has 2 atom stereocenters. The number of nitrogens with two attached hydrogens (primary N) is 1. The molecule has 2 aliphatic rings. The number of hydrogen-bond donors (Lipinski definition) is 1. The third-order valence-corrected chi connectivity index (χ3v) is 5.75. The number of ether oxygens (including phenoxy) is 3. The van der Waals surface area contributed by atoms with Gasteiger partial charge in [0.05, 0.1) is 11.8 Å². The third kappa shape index (κ3) is 3.24. The van der Waals surface area contributed by atoms with Gasteiger partial charge in [0.25, 0.3) is 0 Å². The van der Waals surface area contributed by atoms with E-state index < -0.39 is 17.9 Å². The second-order valence-electron chi connectivity index (χ2n) is 7.89. The van der Waals surface area contributed by atoms with Gasteiger partial charge in [-0.3, -0.25) is 0 Å². The molecule has 3 heterocycles. The highest BCUT2D eigenvalue weighted by molar-refractivity contribution is 5.66. The van der Waals surface area contributed by atoms with Crippen molar-refractivity contribution < 1.29 is 19.0 Å². The lowest BCUT2D eigenvalue weighted by Crippen LogP contribution is -2.33. The molecule has 1 saturated heterocycles. The molecule has 0 bridgehead atoms. The van der Waals surface area contributed by atoms with Crippen LogP contribution in [-0.2, 0) is 19.8 Å². The molecule has 9 heteroatoms. The molecular formula is C19H23N5O4. The molecule has 28 heavy (non-hydrogen) atoms. The summed E-state index contributed by atoms with van der Waals surface area (Å²) >= 11 is 0. The summed E-state index contributed by atoms with van der Waals surface area (Å²) in [5.74, 6) is 0.329. The smallest absolute Gasteiger partial charge is 0.434 e. The summed E-state index contributed by atoms with van der Waals surface area (Å²) in [6.45, 7) is 2.51. The average molecular weight is 385 g/mol. The summed E-state index contributed by atoms with van der Waals surface area (Å²) in [5.41, 5.74) is 5.97. The summed E-state index contributed by atoms with van der Waals surface area (Å²) in [4.78, 5) is 15.8. The molecule has 0 amide bonds. The third-order valence-electron chi connectivity index (χ3n) is 5.75. The average Bonchev–Trinajstić information content (AvgIpc) is 3.29. The zero-order valence-electron chi connectivity index (χ0n) is 15.8. The summed E-state index contributed by atoms with van der Waals surface area (Å²) in [5, 5.41) is 14.0. The quantitative estimate of drug-likeness (QED) is 0.779. The molecule has 9 nitrogen and oxygen atoms in total. The second-order valence-corrected chi connectivity index (χ2v) is 7.89. The molecule has 2 aromatic rings. The molecule has 1 saturated carbocycles. The van der Waals surface area contributed by atoms with Gasteiger partial charge in [0.2, 0.25) is 0 Å². The number of aromatic nitrogens is 3. The van der Waals surface area contributed by atoms with E-state index in [2.05, 4.69) is 23.1 Å². The Morgan fingerprint density at radius 2 is 2.25 bits per heavy atom. The minimum atomic E-state index is -1.18. The zero-order valence-corrected chi connectivity index (χ0v) is 15.8. The first kappa shape index (κ1) is 18.5. The monoisotopic (exact) mass is 385 g/mol. The highest BCUT2D eigenvalue weighted by atomic mass is 16.7. The summed E-state index contributed by atoms with van der Waals surface area (Å²) < 4.78 is 18.0. The fourth-order valence-electron chi connectivity index (χ4n) is 3.83. The number of nitrogen functional groups attached to an aromatic ring is 1. The number of carbonyl (C=O) groups excluding carboxylic acids is 1. The fourth-order valence-corrected chi connectivity index (χ4v) is 3.83. The second kappa shape index (κ2) is 6.95. The van der Waals surface area contributed by atoms with Crippen LogP contribution in [0.2, 0.25) is 0 Å². The maximum Gasteiger partial charge on any atom is 0.508 e. The van der Waals surface area contributed by atoms with Crippen LogP contribution in [0, 0.1) is 16.7 Å². The van der Waals surface area contributed by atoms with Gasteiger partial charge in [-0.2, -0.15) is 10.4 Å². The molecule has 2 aromatic heterocycles. The van der Waals surface area contributed by atoms with Crippen molar-refractivity contribution >= 4 is 17.5 Å². The van der Waals surface area contributed by atoms with Crippen molar-refractivity contribution in [3.8, 4) is 6.07 Å². The molecule has 4 rings (SSSR count). The van der Waals surface area contributed by atoms with Crippen molar-refractivity contribution in [2.75, 3.05) is 18.9 Å². The van der Waals surface area contributed by atoms with Crippen LogP contribution in [0.25, 0.3) is 5.52 Å². The predicted molar refractivity (Wildman–Crippen MR) is 98.1 cm³/mol. The van der Waals surface area contributed by atoms with Crippen LogP contribution in [0.4, 0.5) is 10.6 Å². The minimum Gasteiger partial charge on any atom is -0.434 e. The highest BCUT2D eigenvalue weighted by Crippen LogP contribution is 2.41. The molecular weight excluding hydrogens is 362 g/mol. The van der Waals surface area contributed by atoms with Gasteiger partial charge in [-0.15, -0.1) is 0 Å². The number of rotatable bonds is 5. The van der Waals surface area contributed by atoms with Gasteiger partial charge in [-0.1, -0.05) is 13.3 Å². The maximum absolute atomic E-state index is 11.9. The number of hydrogen-bond acceptors (Lipinski definition) is 8. The van der Waals surface area contributed by atoms with Crippen LogP contribution < -0.4 is 5.73 Å². The van der Waals surface area contributed by atoms with Crippen LogP contribution in [-0.4, -0.2) is 40.1 Å². The van der Waals surface area contributed by atoms with Crippen molar-refractivity contribution in [3.05, 3.63) is 24.2 Å². The summed E-state index contributed by atoms with van der Waals surface area (Å²) in [6, 6.07) is 5.78. The molecule has 1 aliphatic heterocycles. The molecule has 0 aromatic carbocycles. The Morgan fingerprint density at radius 3 is 2.96 bits per heavy atom. The number of carbonyl (C=O) groups is 1. The van der Waals surface area contributed by atoms with Gasteiger partial charge in [-0.05, 0) is 37.8 Å². The van der Waals surface area contributed by atoms with E-state index in [1.807, 2.05) is 0 Å². The van der Waals surface area contributed by atoms with Gasteiger partial charge >= 0.3 is 6.16 Å². The zero-order chi connectivity index (χ0) is 19.8. The van der Waals surface area contributed by atoms with E-state index in [0.717, 1.165) is 12.8 Å². The first-order valence-corrected chi connectivity index (χ1v) is 9.42. The van der Waals surface area contributed by atoms with Gasteiger partial charge in [0.1, 0.15) is 31.1 Å². The first-order chi connectivity index (χ1) is 13.4. The van der Waals surface area contributed by atoms with Crippen molar-refractivity contribution in [3.63, 3.8) is 0 Å². The number of nitrogens with zero attached hydrogens (tertiary/aromatic N) is 4. The maximum atomic E-state index is 11.9. The van der Waals surface area contributed by atoms with E-state index >= 15 is 0 Å². The Labute approximate surface area is 162 Å². The molecule has 0 spiro atoms. The van der Waals surface area contributed by atoms with E-state index in [1.54, 1.807) is 16.6 Å². The summed E-state index contributed by atoms with van der Waals surface area (Å²) in [7, 11) is 0. The van der Waals surface area contributed by atoms with Gasteiger partial charge < -0.3 is 19.9 Å². The predicted octanol–water partition coefficient (Wildman–Crippen LogP) is 2.55. The van der Waals surface area contributed by atoms with E-state index in [0.29, 0.717) is 36.5 Å². The van der Waals surface area contributed by atoms with E-state index in [-0.39, 0.29) is 12.0 Å². The van der Waals surface area contributed by atoms with Crippen LogP contribution >= 0.6 is 0 Å². The summed E-state index contributed by atoms with van der Waals surface area (Å²) in [6.07, 6.45) is 4.59. The lowest BCUT2D eigenvalue weighted by molar-refractivity contribution is -0.0536. The Kier molecular flexibility index (Phi) is 4.59. The molecule has 1 aliphatic carbocycles. The molecule has 2 N–H and O–H groups in total. The Hall–Kier alpha value is -2.86. The first-order valence-electron chi connectivity index (χ1n) is 9.42. The van der Waals surface area contributed by atoms with Crippen LogP contribution in [0.3, 0.4) is 0 Å². The Bertz CT molecular complexity index is 932. The van der Waals surface area contributed by atoms with Gasteiger partial charge in [0.15, 0.2) is 11.4 Å². The van der Waals surface area contributed by atoms with Crippen LogP contribution in [0.15, 0.2) is 18.5 Å². The standard InChI is InChI=1S/C19H23N5O4/c1-18(6-2-7-18)11-27-17(25)26-9-13-5-8-19(10-20,28-13)15-4-3-14-16(21)22-12-23-24(14)15/h3-4,12-13H,2,5-9,11H2,1H3,(H2,21,22,23)/t13-,19-/m0/s1. The largest absolute Gasteiger partial charge is 0.508 e. The molecule has 148 valence electrons. The topological polar surface area (TPSA) is 125 Å². The normalized spacial score (nSPS) is 25.8. The number of anilines is 1. The number of nitriles is 1. The van der Waals surface area contributed by atoms with Gasteiger partial charge in [0, 0.05) is 5.41 Å².